The van der Waals surface area contributed by atoms with Crippen LogP contribution in [0.3, 0.4) is 0 Å². The first-order valence-corrected chi connectivity index (χ1v) is 5.57. The van der Waals surface area contributed by atoms with Crippen molar-refractivity contribution in [2.75, 3.05) is 6.61 Å². The molecule has 1 unspecified atom stereocenters. The molecule has 1 aliphatic heterocycles. The Labute approximate surface area is 98.0 Å². The summed E-state index contributed by atoms with van der Waals surface area (Å²) < 4.78 is 10.6. The lowest BCUT2D eigenvalue weighted by Crippen LogP contribution is -1.95. The highest BCUT2D eigenvalue weighted by Crippen LogP contribution is 2.29. The number of ether oxygens (including phenoxy) is 1. The minimum Gasteiger partial charge on any atom is -0.508 e. The molecule has 2 aromatic rings. The van der Waals surface area contributed by atoms with Crippen molar-refractivity contribution in [3.63, 3.8) is 0 Å². The van der Waals surface area contributed by atoms with E-state index in [0.717, 1.165) is 25.0 Å². The highest BCUT2D eigenvalue weighted by molar-refractivity contribution is 5.56. The largest absolute Gasteiger partial charge is 0.508 e. The molecule has 1 fully saturated rings. The SMILES string of the molecule is Oc1cccc(-c2noc(C3CCCO3)n2)c1. The summed E-state index contributed by atoms with van der Waals surface area (Å²) in [4.78, 5) is 4.29. The summed E-state index contributed by atoms with van der Waals surface area (Å²) in [5.74, 6) is 1.18. The third-order valence-electron chi connectivity index (χ3n) is 2.75. The quantitative estimate of drug-likeness (QED) is 0.860. The van der Waals surface area contributed by atoms with Gasteiger partial charge in [0, 0.05) is 12.2 Å². The summed E-state index contributed by atoms with van der Waals surface area (Å²) in [6.07, 6.45) is 1.87. The molecule has 1 aromatic carbocycles. The van der Waals surface area contributed by atoms with Crippen molar-refractivity contribution in [2.45, 2.75) is 18.9 Å². The number of benzene rings is 1. The monoisotopic (exact) mass is 232 g/mol. The Morgan fingerprint density at radius 3 is 3.06 bits per heavy atom. The van der Waals surface area contributed by atoms with Crippen molar-refractivity contribution >= 4 is 0 Å². The van der Waals surface area contributed by atoms with E-state index in [-0.39, 0.29) is 11.9 Å². The topological polar surface area (TPSA) is 68.4 Å². The Morgan fingerprint density at radius 1 is 1.35 bits per heavy atom. The third kappa shape index (κ3) is 2.01. The zero-order chi connectivity index (χ0) is 11.7. The zero-order valence-electron chi connectivity index (χ0n) is 9.17. The predicted octanol–water partition coefficient (Wildman–Crippen LogP) is 2.29. The number of hydrogen-bond donors (Lipinski definition) is 1. The Bertz CT molecular complexity index is 518. The zero-order valence-corrected chi connectivity index (χ0v) is 9.17. The second-order valence-corrected chi connectivity index (χ2v) is 4.01. The van der Waals surface area contributed by atoms with Crippen LogP contribution in [0.4, 0.5) is 0 Å². The molecule has 0 saturated carbocycles. The Hall–Kier alpha value is -1.88. The van der Waals surface area contributed by atoms with Crippen LogP contribution in [0, 0.1) is 0 Å². The number of phenolic OH excluding ortho intramolecular Hbond substituents is 1. The lowest BCUT2D eigenvalue weighted by molar-refractivity contribution is 0.0835. The van der Waals surface area contributed by atoms with Crippen LogP contribution in [0.15, 0.2) is 28.8 Å². The molecule has 17 heavy (non-hydrogen) atoms. The smallest absolute Gasteiger partial charge is 0.256 e. The molecule has 3 rings (SSSR count). The molecule has 5 heteroatoms. The summed E-state index contributed by atoms with van der Waals surface area (Å²) in [6, 6.07) is 6.77. The maximum Gasteiger partial charge on any atom is 0.256 e. The van der Waals surface area contributed by atoms with Crippen LogP contribution in [0.1, 0.15) is 24.8 Å². The molecule has 0 aliphatic carbocycles. The molecular formula is C12H12N2O3. The molecule has 1 aromatic heterocycles. The summed E-state index contributed by atoms with van der Waals surface area (Å²) in [7, 11) is 0. The van der Waals surface area contributed by atoms with Gasteiger partial charge in [0.1, 0.15) is 11.9 Å². The van der Waals surface area contributed by atoms with Gasteiger partial charge in [0.25, 0.3) is 5.89 Å². The fourth-order valence-electron chi connectivity index (χ4n) is 1.90. The van der Waals surface area contributed by atoms with E-state index in [2.05, 4.69) is 10.1 Å². The van der Waals surface area contributed by atoms with Crippen LogP contribution in [0.25, 0.3) is 11.4 Å². The van der Waals surface area contributed by atoms with E-state index >= 15 is 0 Å². The van der Waals surface area contributed by atoms with Gasteiger partial charge in [0.2, 0.25) is 5.82 Å². The number of aromatic hydroxyl groups is 1. The van der Waals surface area contributed by atoms with Crippen molar-refractivity contribution in [1.29, 1.82) is 0 Å². The molecule has 1 atom stereocenters. The van der Waals surface area contributed by atoms with Crippen LogP contribution in [0.5, 0.6) is 5.75 Å². The number of hydrogen-bond acceptors (Lipinski definition) is 5. The minimum atomic E-state index is -0.0754. The second-order valence-electron chi connectivity index (χ2n) is 4.01. The number of phenols is 1. The normalized spacial score (nSPS) is 19.6. The van der Waals surface area contributed by atoms with Gasteiger partial charge >= 0.3 is 0 Å². The van der Waals surface area contributed by atoms with E-state index in [1.807, 2.05) is 6.07 Å². The van der Waals surface area contributed by atoms with Crippen LogP contribution < -0.4 is 0 Å². The maximum atomic E-state index is 9.38. The van der Waals surface area contributed by atoms with Gasteiger partial charge in [-0.05, 0) is 25.0 Å². The van der Waals surface area contributed by atoms with Gasteiger partial charge in [-0.15, -0.1) is 0 Å². The lowest BCUT2D eigenvalue weighted by atomic mass is 10.2. The van der Waals surface area contributed by atoms with E-state index in [1.165, 1.54) is 0 Å². The maximum absolute atomic E-state index is 9.38. The van der Waals surface area contributed by atoms with Crippen molar-refractivity contribution in [3.8, 4) is 17.1 Å². The van der Waals surface area contributed by atoms with Gasteiger partial charge in [-0.3, -0.25) is 0 Å². The second kappa shape index (κ2) is 4.18. The summed E-state index contributed by atoms with van der Waals surface area (Å²) >= 11 is 0. The van der Waals surface area contributed by atoms with Gasteiger partial charge in [-0.1, -0.05) is 17.3 Å². The number of aromatic nitrogens is 2. The van der Waals surface area contributed by atoms with Crippen LogP contribution in [-0.4, -0.2) is 21.9 Å². The lowest BCUT2D eigenvalue weighted by Gasteiger charge is -2.00. The molecule has 1 aliphatic rings. The average molecular weight is 232 g/mol. The standard InChI is InChI=1S/C12H12N2O3/c15-9-4-1-3-8(7-9)11-13-12(17-14-11)10-5-2-6-16-10/h1,3-4,7,10,15H,2,5-6H2. The molecule has 5 nitrogen and oxygen atoms in total. The average Bonchev–Trinajstić information content (AvgIpc) is 3.00. The fraction of sp³-hybridized carbons (Fsp3) is 0.333. The fourth-order valence-corrected chi connectivity index (χ4v) is 1.90. The molecule has 1 saturated heterocycles. The van der Waals surface area contributed by atoms with E-state index in [1.54, 1.807) is 18.2 Å². The van der Waals surface area contributed by atoms with Crippen molar-refractivity contribution in [3.05, 3.63) is 30.2 Å². The van der Waals surface area contributed by atoms with Crippen molar-refractivity contribution in [1.82, 2.24) is 10.1 Å². The molecule has 0 spiro atoms. The first kappa shape index (κ1) is 10.3. The molecule has 2 heterocycles. The first-order chi connectivity index (χ1) is 8.33. The van der Waals surface area contributed by atoms with E-state index in [4.69, 9.17) is 9.26 Å². The van der Waals surface area contributed by atoms with Crippen molar-refractivity contribution < 1.29 is 14.4 Å². The van der Waals surface area contributed by atoms with Crippen LogP contribution >= 0.6 is 0 Å². The highest BCUT2D eigenvalue weighted by atomic mass is 16.5. The molecule has 1 N–H and O–H groups in total. The van der Waals surface area contributed by atoms with Gasteiger partial charge in [-0.2, -0.15) is 4.98 Å². The first-order valence-electron chi connectivity index (χ1n) is 5.57. The predicted molar refractivity (Wildman–Crippen MR) is 59.3 cm³/mol. The Balaban J connectivity index is 1.89. The molecular weight excluding hydrogens is 220 g/mol. The minimum absolute atomic E-state index is 0.0754. The molecule has 88 valence electrons. The van der Waals surface area contributed by atoms with Crippen LogP contribution in [0.2, 0.25) is 0 Å². The van der Waals surface area contributed by atoms with Crippen LogP contribution in [-0.2, 0) is 4.74 Å². The number of rotatable bonds is 2. The molecule has 0 amide bonds. The summed E-state index contributed by atoms with van der Waals surface area (Å²) in [6.45, 7) is 0.745. The Morgan fingerprint density at radius 2 is 2.29 bits per heavy atom. The van der Waals surface area contributed by atoms with Crippen molar-refractivity contribution in [2.24, 2.45) is 0 Å². The third-order valence-corrected chi connectivity index (χ3v) is 2.75. The van der Waals surface area contributed by atoms with Gasteiger partial charge < -0.3 is 14.4 Å². The van der Waals surface area contributed by atoms with E-state index < -0.39 is 0 Å². The molecule has 0 radical (unpaired) electrons. The summed E-state index contributed by atoms with van der Waals surface area (Å²) in [5.41, 5.74) is 0.734. The van der Waals surface area contributed by atoms with E-state index in [0.29, 0.717) is 11.7 Å². The van der Waals surface area contributed by atoms with Gasteiger partial charge in [0.15, 0.2) is 0 Å². The Kier molecular flexibility index (Phi) is 2.53. The van der Waals surface area contributed by atoms with E-state index in [9.17, 15) is 5.11 Å². The van der Waals surface area contributed by atoms with Gasteiger partial charge in [0.05, 0.1) is 0 Å². The summed E-state index contributed by atoms with van der Waals surface area (Å²) in [5, 5.41) is 13.3. The highest BCUT2D eigenvalue weighted by Gasteiger charge is 2.24. The number of nitrogens with zero attached hydrogens (tertiary/aromatic N) is 2. The van der Waals surface area contributed by atoms with Gasteiger partial charge in [-0.25, -0.2) is 0 Å². The molecule has 0 bridgehead atoms.